The van der Waals surface area contributed by atoms with E-state index in [0.29, 0.717) is 30.4 Å². The van der Waals surface area contributed by atoms with Gasteiger partial charge in [-0.3, -0.25) is 9.31 Å². The van der Waals surface area contributed by atoms with Crippen molar-refractivity contribution in [2.24, 2.45) is 11.3 Å². The maximum Gasteiger partial charge on any atom is 0.317 e. The SMILES string of the molecule is C=S(C)(=O)CCNC(=O)N1CCC(C(C)(C)C(O)c2cc(Cl)cc3cn[nH]c23)CC1. The van der Waals surface area contributed by atoms with Gasteiger partial charge in [0, 0.05) is 47.6 Å². The van der Waals surface area contributed by atoms with Gasteiger partial charge in [-0.15, -0.1) is 0 Å². The molecule has 2 atom stereocenters. The minimum absolute atomic E-state index is 0.135. The van der Waals surface area contributed by atoms with Crippen molar-refractivity contribution in [3.63, 3.8) is 0 Å². The fourth-order valence-corrected chi connectivity index (χ4v) is 4.97. The predicted molar refractivity (Wildman–Crippen MR) is 124 cm³/mol. The molecule has 30 heavy (non-hydrogen) atoms. The number of hydrogen-bond acceptors (Lipinski definition) is 4. The Morgan fingerprint density at radius 1 is 1.47 bits per heavy atom. The summed E-state index contributed by atoms with van der Waals surface area (Å²) in [7, 11) is -2.11. The van der Waals surface area contributed by atoms with E-state index in [1.165, 1.54) is 0 Å². The smallest absolute Gasteiger partial charge is 0.317 e. The summed E-state index contributed by atoms with van der Waals surface area (Å²) in [6.45, 7) is 5.72. The van der Waals surface area contributed by atoms with Gasteiger partial charge in [0.2, 0.25) is 0 Å². The molecule has 7 nitrogen and oxygen atoms in total. The molecule has 1 aromatic carbocycles. The zero-order valence-corrected chi connectivity index (χ0v) is 19.4. The van der Waals surface area contributed by atoms with Crippen LogP contribution < -0.4 is 5.32 Å². The number of carbonyl (C=O) groups is 1. The molecule has 3 N–H and O–H groups in total. The van der Waals surface area contributed by atoms with Gasteiger partial charge in [-0.25, -0.2) is 4.79 Å². The topological polar surface area (TPSA) is 98.3 Å². The molecular formula is C21H31ClN4O3S. The van der Waals surface area contributed by atoms with Crippen molar-refractivity contribution in [3.05, 3.63) is 28.9 Å². The number of hydrogen-bond donors (Lipinski definition) is 3. The maximum absolute atomic E-state index is 12.4. The fraction of sp³-hybridized carbons (Fsp3) is 0.571. The van der Waals surface area contributed by atoms with Crippen LogP contribution >= 0.6 is 11.6 Å². The summed E-state index contributed by atoms with van der Waals surface area (Å²) in [5, 5.41) is 22.6. The van der Waals surface area contributed by atoms with E-state index in [0.717, 1.165) is 29.3 Å². The summed E-state index contributed by atoms with van der Waals surface area (Å²) in [6, 6.07) is 3.49. The van der Waals surface area contributed by atoms with Crippen LogP contribution in [-0.2, 0) is 9.52 Å². The largest absolute Gasteiger partial charge is 0.388 e. The van der Waals surface area contributed by atoms with Crippen LogP contribution in [0.3, 0.4) is 0 Å². The first-order chi connectivity index (χ1) is 14.0. The number of halogens is 1. The predicted octanol–water partition coefficient (Wildman–Crippen LogP) is 3.04. The average Bonchev–Trinajstić information content (AvgIpc) is 3.14. The number of amides is 2. The average molecular weight is 455 g/mol. The first kappa shape index (κ1) is 22.9. The number of nitrogens with zero attached hydrogens (tertiary/aromatic N) is 2. The fourth-order valence-electron chi connectivity index (χ4n) is 4.20. The maximum atomic E-state index is 12.4. The van der Waals surface area contributed by atoms with Crippen LogP contribution in [0.15, 0.2) is 18.3 Å². The molecule has 0 bridgehead atoms. The third-order valence-electron chi connectivity index (χ3n) is 6.19. The summed E-state index contributed by atoms with van der Waals surface area (Å²) < 4.78 is 11.7. The molecule has 0 spiro atoms. The van der Waals surface area contributed by atoms with Gasteiger partial charge in [0.15, 0.2) is 0 Å². The molecule has 1 fully saturated rings. The lowest BCUT2D eigenvalue weighted by Gasteiger charge is -2.43. The summed E-state index contributed by atoms with van der Waals surface area (Å²) >= 11 is 6.26. The number of piperidine rings is 1. The number of aliphatic hydroxyl groups is 1. The third-order valence-corrected chi connectivity index (χ3v) is 7.47. The summed E-state index contributed by atoms with van der Waals surface area (Å²) in [5.41, 5.74) is 1.14. The van der Waals surface area contributed by atoms with Crippen LogP contribution in [0.2, 0.25) is 5.02 Å². The van der Waals surface area contributed by atoms with Crippen LogP contribution in [0.5, 0.6) is 0 Å². The molecule has 2 amide bonds. The van der Waals surface area contributed by atoms with Crippen molar-refractivity contribution in [2.75, 3.05) is 31.6 Å². The molecule has 0 saturated carbocycles. The van der Waals surface area contributed by atoms with Gasteiger partial charge in [-0.1, -0.05) is 25.4 Å². The molecule has 0 aliphatic carbocycles. The number of aromatic amines is 1. The van der Waals surface area contributed by atoms with Crippen LogP contribution in [0.25, 0.3) is 10.9 Å². The lowest BCUT2D eigenvalue weighted by atomic mass is 9.68. The number of rotatable bonds is 6. The molecule has 1 aliphatic heterocycles. The Hall–Kier alpha value is -1.77. The number of aromatic nitrogens is 2. The van der Waals surface area contributed by atoms with Crippen LogP contribution in [0.4, 0.5) is 4.79 Å². The molecule has 1 aliphatic rings. The molecule has 1 saturated heterocycles. The zero-order chi connectivity index (χ0) is 22.1. The van der Waals surface area contributed by atoms with Crippen molar-refractivity contribution >= 4 is 43.9 Å². The van der Waals surface area contributed by atoms with E-state index in [1.807, 2.05) is 6.07 Å². The van der Waals surface area contributed by atoms with E-state index >= 15 is 0 Å². The van der Waals surface area contributed by atoms with E-state index in [1.54, 1.807) is 23.4 Å². The summed E-state index contributed by atoms with van der Waals surface area (Å²) in [5.74, 6) is 4.21. The number of H-pyrrole nitrogens is 1. The normalized spacial score (nSPS) is 18.9. The number of urea groups is 1. The van der Waals surface area contributed by atoms with Gasteiger partial charge >= 0.3 is 6.03 Å². The summed E-state index contributed by atoms with van der Waals surface area (Å²) in [6.07, 6.45) is 4.16. The molecule has 3 rings (SSSR count). The Bertz CT molecular complexity index is 1010. The van der Waals surface area contributed by atoms with Crippen LogP contribution in [-0.4, -0.2) is 68.0 Å². The number of fused-ring (bicyclic) bond motifs is 1. The standard InChI is InChI=1S/C21H31ClN4O3S/c1-21(2,19(27)17-12-16(22)11-14-13-24-25-18(14)17)15-5-8-26(9-6-15)20(28)23-7-10-30(3,4)29/h11-13,15,19,27H,3,5-10H2,1-2,4H3,(H,23,28)(H,24,25). The first-order valence-electron chi connectivity index (χ1n) is 10.1. The monoisotopic (exact) mass is 454 g/mol. The number of aliphatic hydroxyl groups excluding tert-OH is 1. The number of likely N-dealkylation sites (tertiary alicyclic amines) is 1. The highest BCUT2D eigenvalue weighted by molar-refractivity contribution is 7.99. The van der Waals surface area contributed by atoms with Gasteiger partial charge in [0.25, 0.3) is 0 Å². The summed E-state index contributed by atoms with van der Waals surface area (Å²) in [4.78, 5) is 14.2. The molecule has 166 valence electrons. The van der Waals surface area contributed by atoms with E-state index < -0.39 is 21.0 Å². The number of nitrogens with one attached hydrogen (secondary N) is 2. The Kier molecular flexibility index (Phi) is 6.69. The van der Waals surface area contributed by atoms with Gasteiger partial charge in [-0.2, -0.15) is 5.10 Å². The first-order valence-corrected chi connectivity index (χ1v) is 12.8. The number of carbonyl (C=O) groups excluding carboxylic acids is 1. The Morgan fingerprint density at radius 2 is 2.13 bits per heavy atom. The van der Waals surface area contributed by atoms with Crippen molar-refractivity contribution in [3.8, 4) is 0 Å². The van der Waals surface area contributed by atoms with Gasteiger partial charge in [-0.05, 0) is 51.7 Å². The zero-order valence-electron chi connectivity index (χ0n) is 17.8. The molecule has 1 aromatic heterocycles. The Labute approximate surface area is 183 Å². The van der Waals surface area contributed by atoms with E-state index in [4.69, 9.17) is 11.6 Å². The minimum Gasteiger partial charge on any atom is -0.388 e. The van der Waals surface area contributed by atoms with Gasteiger partial charge < -0.3 is 15.3 Å². The highest BCUT2D eigenvalue weighted by Crippen LogP contribution is 2.46. The minimum atomic E-state index is -2.11. The van der Waals surface area contributed by atoms with Crippen molar-refractivity contribution < 1.29 is 14.1 Å². The Morgan fingerprint density at radius 3 is 2.77 bits per heavy atom. The third kappa shape index (κ3) is 5.10. The quantitative estimate of drug-likeness (QED) is 0.584. The second-order valence-corrected chi connectivity index (χ2v) is 12.1. The van der Waals surface area contributed by atoms with Gasteiger partial charge in [0.05, 0.1) is 17.8 Å². The lowest BCUT2D eigenvalue weighted by Crippen LogP contribution is -2.48. The van der Waals surface area contributed by atoms with Crippen LogP contribution in [0.1, 0.15) is 38.4 Å². The van der Waals surface area contributed by atoms with Crippen molar-refractivity contribution in [1.82, 2.24) is 20.4 Å². The highest BCUT2D eigenvalue weighted by atomic mass is 35.5. The van der Waals surface area contributed by atoms with Crippen LogP contribution in [0, 0.1) is 11.3 Å². The highest BCUT2D eigenvalue weighted by Gasteiger charge is 2.40. The van der Waals surface area contributed by atoms with Crippen molar-refractivity contribution in [2.45, 2.75) is 32.8 Å². The van der Waals surface area contributed by atoms with Crippen molar-refractivity contribution in [1.29, 1.82) is 0 Å². The Balaban J connectivity index is 1.64. The van der Waals surface area contributed by atoms with Gasteiger partial charge in [0.1, 0.15) is 0 Å². The molecular weight excluding hydrogens is 424 g/mol. The molecule has 9 heteroatoms. The van der Waals surface area contributed by atoms with E-state index in [9.17, 15) is 14.1 Å². The number of benzene rings is 1. The molecule has 2 heterocycles. The molecule has 2 unspecified atom stereocenters. The molecule has 2 aromatic rings. The van der Waals surface area contributed by atoms with E-state index in [2.05, 4.69) is 35.2 Å². The molecule has 0 radical (unpaired) electrons. The second kappa shape index (κ2) is 8.77. The second-order valence-electron chi connectivity index (χ2n) is 8.93. The lowest BCUT2D eigenvalue weighted by molar-refractivity contribution is -0.0143. The van der Waals surface area contributed by atoms with E-state index in [-0.39, 0.29) is 11.9 Å².